The van der Waals surface area contributed by atoms with Crippen LogP contribution in [-0.4, -0.2) is 49.8 Å². The quantitative estimate of drug-likeness (QED) is 0.666. The van der Waals surface area contributed by atoms with Gasteiger partial charge in [0.25, 0.3) is 0 Å². The summed E-state index contributed by atoms with van der Waals surface area (Å²) in [7, 11) is -1.32. The Morgan fingerprint density at radius 1 is 0.962 bits per heavy atom. The van der Waals surface area contributed by atoms with Crippen molar-refractivity contribution in [2.24, 2.45) is 0 Å². The highest BCUT2D eigenvalue weighted by atomic mass is 16.7. The average molecular weight is 369 g/mol. The molecule has 2 rings (SSSR count). The van der Waals surface area contributed by atoms with Crippen LogP contribution < -0.4 is 0 Å². The van der Waals surface area contributed by atoms with E-state index in [2.05, 4.69) is 27.7 Å². The van der Waals surface area contributed by atoms with E-state index in [0.29, 0.717) is 6.42 Å². The lowest BCUT2D eigenvalue weighted by Crippen LogP contribution is -2.51. The highest BCUT2D eigenvalue weighted by Crippen LogP contribution is 2.31. The zero-order chi connectivity index (χ0) is 19.8. The summed E-state index contributed by atoms with van der Waals surface area (Å²) in [5, 5.41) is 0. The topological polar surface area (TPSA) is 55.4 Å². The first-order valence-electron chi connectivity index (χ1n) is 9.75. The van der Waals surface area contributed by atoms with Crippen molar-refractivity contribution in [1.82, 2.24) is 0 Å². The Balaban J connectivity index is 1.85. The smallest absolute Gasteiger partial charge is 0.383 e. The summed E-state index contributed by atoms with van der Waals surface area (Å²) in [6.07, 6.45) is 2.44. The maximum atomic E-state index is 6.10. The number of hydrogen-bond donors (Lipinski definition) is 0. The molecule has 2 saturated heterocycles. The lowest BCUT2D eigenvalue weighted by molar-refractivity contribution is -0.105. The molecule has 0 radical (unpaired) electrons. The van der Waals surface area contributed by atoms with Gasteiger partial charge in [0.2, 0.25) is 0 Å². The van der Waals surface area contributed by atoms with E-state index in [4.69, 9.17) is 27.9 Å². The molecule has 0 amide bonds. The molecule has 2 aliphatic heterocycles. The second kappa shape index (κ2) is 8.10. The minimum absolute atomic E-state index is 0.0981. The summed E-state index contributed by atoms with van der Waals surface area (Å²) in [5.41, 5.74) is -0.987. The molecule has 6 nitrogen and oxygen atoms in total. The summed E-state index contributed by atoms with van der Waals surface area (Å²) >= 11 is 0. The molecule has 0 saturated carbocycles. The Kier molecular flexibility index (Phi) is 6.91. The van der Waals surface area contributed by atoms with Crippen LogP contribution in [0.5, 0.6) is 0 Å². The van der Waals surface area contributed by atoms with Gasteiger partial charge in [0.1, 0.15) is 0 Å². The molecule has 0 aromatic heterocycles. The van der Waals surface area contributed by atoms with Gasteiger partial charge in [-0.2, -0.15) is 0 Å². The van der Waals surface area contributed by atoms with Gasteiger partial charge in [-0.1, -0.05) is 0 Å². The SMILES string of the molecule is CC1CC(C)(C)O[10B](OC(C)CC(C)(C)O[10B]2OC(C)CC(C)(C)O2)O1. The molecule has 0 spiro atoms. The van der Waals surface area contributed by atoms with Crippen LogP contribution in [0.25, 0.3) is 0 Å². The number of hydrogen-bond acceptors (Lipinski definition) is 6. The summed E-state index contributed by atoms with van der Waals surface area (Å²) in [4.78, 5) is 0. The van der Waals surface area contributed by atoms with Crippen LogP contribution in [0.4, 0.5) is 0 Å². The van der Waals surface area contributed by atoms with Gasteiger partial charge in [0.05, 0.1) is 16.8 Å². The monoisotopic (exact) mass is 368 g/mol. The molecule has 2 aliphatic rings. The van der Waals surface area contributed by atoms with Crippen LogP contribution in [0.2, 0.25) is 0 Å². The summed E-state index contributed by atoms with van der Waals surface area (Å²) in [5.74, 6) is 0. The van der Waals surface area contributed by atoms with E-state index in [1.165, 1.54) is 0 Å². The first kappa shape index (κ1) is 22.2. The summed E-state index contributed by atoms with van der Waals surface area (Å²) in [6, 6.07) is 0. The average Bonchev–Trinajstić information content (AvgIpc) is 2.30. The third-order valence-corrected chi connectivity index (χ3v) is 4.61. The molecule has 26 heavy (non-hydrogen) atoms. The normalized spacial score (nSPS) is 30.3. The third kappa shape index (κ3) is 7.13. The van der Waals surface area contributed by atoms with E-state index in [-0.39, 0.29) is 29.5 Å². The molecular weight excluding hydrogens is 332 g/mol. The number of rotatable bonds is 6. The van der Waals surface area contributed by atoms with Crippen molar-refractivity contribution >= 4 is 14.6 Å². The zero-order valence-electron chi connectivity index (χ0n) is 18.0. The van der Waals surface area contributed by atoms with Crippen LogP contribution in [-0.2, 0) is 27.9 Å². The van der Waals surface area contributed by atoms with Crippen molar-refractivity contribution in [3.8, 4) is 0 Å². The maximum Gasteiger partial charge on any atom is 0.640 e. The van der Waals surface area contributed by atoms with E-state index in [1.54, 1.807) is 0 Å². The van der Waals surface area contributed by atoms with Gasteiger partial charge in [-0.3, -0.25) is 0 Å². The van der Waals surface area contributed by atoms with E-state index in [0.717, 1.165) is 12.8 Å². The molecule has 8 heteroatoms. The molecule has 3 unspecified atom stereocenters. The maximum absolute atomic E-state index is 6.10. The lowest BCUT2D eigenvalue weighted by atomic mass is 9.48. The molecule has 2 fully saturated rings. The molecule has 2 heterocycles. The summed E-state index contributed by atoms with van der Waals surface area (Å²) < 4.78 is 35.4. The van der Waals surface area contributed by atoms with E-state index < -0.39 is 20.2 Å². The Labute approximate surface area is 159 Å². The minimum Gasteiger partial charge on any atom is -0.383 e. The zero-order valence-corrected chi connectivity index (χ0v) is 18.0. The molecule has 150 valence electrons. The second-order valence-electron chi connectivity index (χ2n) is 9.66. The van der Waals surface area contributed by atoms with E-state index in [9.17, 15) is 0 Å². The molecular formula is C18H36B2O6. The van der Waals surface area contributed by atoms with Crippen molar-refractivity contribution < 1.29 is 27.9 Å². The fourth-order valence-electron chi connectivity index (χ4n) is 3.88. The molecule has 0 aromatic carbocycles. The van der Waals surface area contributed by atoms with Crippen molar-refractivity contribution in [2.75, 3.05) is 0 Å². The van der Waals surface area contributed by atoms with Crippen molar-refractivity contribution in [1.29, 1.82) is 0 Å². The Bertz CT molecular complexity index is 471. The van der Waals surface area contributed by atoms with Gasteiger partial charge >= 0.3 is 14.6 Å². The van der Waals surface area contributed by atoms with Gasteiger partial charge in [-0.25, -0.2) is 0 Å². The first-order valence-corrected chi connectivity index (χ1v) is 9.75. The molecule has 3 atom stereocenters. The Morgan fingerprint density at radius 2 is 1.42 bits per heavy atom. The van der Waals surface area contributed by atoms with Crippen LogP contribution >= 0.6 is 0 Å². The predicted octanol–water partition coefficient (Wildman–Crippen LogP) is 3.75. The predicted molar refractivity (Wildman–Crippen MR) is 102 cm³/mol. The lowest BCUT2D eigenvalue weighted by Gasteiger charge is -2.41. The van der Waals surface area contributed by atoms with Crippen LogP contribution in [0.1, 0.15) is 81.6 Å². The van der Waals surface area contributed by atoms with Crippen molar-refractivity contribution in [3.05, 3.63) is 0 Å². The van der Waals surface area contributed by atoms with Gasteiger partial charge in [-0.05, 0) is 81.6 Å². The van der Waals surface area contributed by atoms with Gasteiger partial charge in [0, 0.05) is 18.3 Å². The fourth-order valence-corrected chi connectivity index (χ4v) is 3.88. The van der Waals surface area contributed by atoms with Crippen LogP contribution in [0.15, 0.2) is 0 Å². The second-order valence-corrected chi connectivity index (χ2v) is 9.66. The molecule has 0 N–H and O–H groups in total. The third-order valence-electron chi connectivity index (χ3n) is 4.61. The Hall–Kier alpha value is -0.110. The van der Waals surface area contributed by atoms with Crippen molar-refractivity contribution in [2.45, 2.75) is 117 Å². The van der Waals surface area contributed by atoms with Crippen molar-refractivity contribution in [3.63, 3.8) is 0 Å². The summed E-state index contributed by atoms with van der Waals surface area (Å²) in [6.45, 7) is 18.3. The Morgan fingerprint density at radius 3 is 1.92 bits per heavy atom. The van der Waals surface area contributed by atoms with E-state index in [1.807, 2.05) is 34.6 Å². The van der Waals surface area contributed by atoms with E-state index >= 15 is 0 Å². The molecule has 0 bridgehead atoms. The highest BCUT2D eigenvalue weighted by molar-refractivity contribution is 6.37. The molecule has 0 aliphatic carbocycles. The minimum atomic E-state index is -0.669. The highest BCUT2D eigenvalue weighted by Gasteiger charge is 2.44. The molecule has 0 aromatic rings. The van der Waals surface area contributed by atoms with Crippen LogP contribution in [0, 0.1) is 0 Å². The standard InChI is InChI=1S/C18H36B2O6/c1-13-10-16(4,5)24-19(21-13)22-14(2)11-17(6,7)25-20-23-15(3)12-18(8,9)26-20/h13-15H,10-12H2,1-9H3/i19-1,20-1. The van der Waals surface area contributed by atoms with Gasteiger partial charge < -0.3 is 27.9 Å². The van der Waals surface area contributed by atoms with Crippen LogP contribution in [0.3, 0.4) is 0 Å². The largest absolute Gasteiger partial charge is 0.640 e. The first-order chi connectivity index (χ1) is 11.8. The van der Waals surface area contributed by atoms with Gasteiger partial charge in [-0.15, -0.1) is 0 Å². The van der Waals surface area contributed by atoms with Gasteiger partial charge in [0.15, 0.2) is 0 Å². The fraction of sp³-hybridized carbons (Fsp3) is 1.00.